The Morgan fingerprint density at radius 3 is 2.86 bits per heavy atom. The third-order valence-corrected chi connectivity index (χ3v) is 1.87. The number of rotatable bonds is 3. The first-order valence-corrected chi connectivity index (χ1v) is 4.20. The second kappa shape index (κ2) is 3.49. The van der Waals surface area contributed by atoms with Gasteiger partial charge < -0.3 is 9.47 Å². The van der Waals surface area contributed by atoms with Gasteiger partial charge in [0, 0.05) is 11.8 Å². The lowest BCUT2D eigenvalue weighted by Crippen LogP contribution is -2.04. The Labute approximate surface area is 79.7 Å². The van der Waals surface area contributed by atoms with Crippen molar-refractivity contribution in [1.82, 2.24) is 4.98 Å². The standard InChI is InChI=1S/C9H9F2NO2/c1-5-2-6(7-4-13-7)3-8(12-5)14-9(10)11/h2-3,7,9H,4H2,1H3/t7-/m0/s1. The Balaban J connectivity index is 2.22. The first-order valence-electron chi connectivity index (χ1n) is 4.20. The number of pyridine rings is 1. The number of nitrogens with zero attached hydrogens (tertiary/aromatic N) is 1. The van der Waals surface area contributed by atoms with Crippen LogP contribution >= 0.6 is 0 Å². The minimum Gasteiger partial charge on any atom is -0.417 e. The molecule has 1 fully saturated rings. The molecular formula is C9H9F2NO2. The van der Waals surface area contributed by atoms with Crippen LogP contribution in [0.15, 0.2) is 12.1 Å². The molecule has 14 heavy (non-hydrogen) atoms. The number of hydrogen-bond donors (Lipinski definition) is 0. The summed E-state index contributed by atoms with van der Waals surface area (Å²) in [4.78, 5) is 3.83. The Bertz CT molecular complexity index is 340. The molecule has 2 rings (SSSR count). The summed E-state index contributed by atoms with van der Waals surface area (Å²) in [5.74, 6) is -0.0505. The van der Waals surface area contributed by atoms with Gasteiger partial charge in [-0.3, -0.25) is 0 Å². The summed E-state index contributed by atoms with van der Waals surface area (Å²) in [7, 11) is 0. The second-order valence-electron chi connectivity index (χ2n) is 3.08. The number of alkyl halides is 2. The average Bonchev–Trinajstić information content (AvgIpc) is 2.82. The lowest BCUT2D eigenvalue weighted by Gasteiger charge is -2.05. The van der Waals surface area contributed by atoms with E-state index in [1.165, 1.54) is 6.07 Å². The van der Waals surface area contributed by atoms with E-state index in [-0.39, 0.29) is 12.0 Å². The van der Waals surface area contributed by atoms with E-state index < -0.39 is 6.61 Å². The molecule has 3 nitrogen and oxygen atoms in total. The van der Waals surface area contributed by atoms with E-state index in [0.717, 1.165) is 5.56 Å². The Morgan fingerprint density at radius 1 is 1.57 bits per heavy atom. The molecule has 1 aliphatic rings. The van der Waals surface area contributed by atoms with Gasteiger partial charge in [0.1, 0.15) is 6.10 Å². The monoisotopic (exact) mass is 201 g/mol. The first-order chi connectivity index (χ1) is 6.65. The summed E-state index contributed by atoms with van der Waals surface area (Å²) >= 11 is 0. The lowest BCUT2D eigenvalue weighted by molar-refractivity contribution is -0.0529. The van der Waals surface area contributed by atoms with Gasteiger partial charge in [0.25, 0.3) is 0 Å². The van der Waals surface area contributed by atoms with E-state index >= 15 is 0 Å². The van der Waals surface area contributed by atoms with Crippen LogP contribution in [0.2, 0.25) is 0 Å². The summed E-state index contributed by atoms with van der Waals surface area (Å²) in [6.07, 6.45) is 0.0247. The molecule has 5 heteroatoms. The third kappa shape index (κ3) is 2.17. The van der Waals surface area contributed by atoms with Crippen LogP contribution in [0.3, 0.4) is 0 Å². The van der Waals surface area contributed by atoms with Crippen LogP contribution in [0.5, 0.6) is 5.88 Å². The molecule has 0 bridgehead atoms. The molecule has 0 radical (unpaired) electrons. The largest absolute Gasteiger partial charge is 0.417 e. The highest BCUT2D eigenvalue weighted by molar-refractivity contribution is 5.28. The molecule has 0 spiro atoms. The summed E-state index contributed by atoms with van der Waals surface area (Å²) < 4.78 is 33.1. The Kier molecular flexibility index (Phi) is 2.33. The molecule has 1 aromatic heterocycles. The van der Waals surface area contributed by atoms with Crippen LogP contribution < -0.4 is 4.74 Å². The number of aryl methyl sites for hydroxylation is 1. The molecule has 1 atom stereocenters. The van der Waals surface area contributed by atoms with Crippen molar-refractivity contribution < 1.29 is 18.3 Å². The van der Waals surface area contributed by atoms with Crippen molar-refractivity contribution in [3.8, 4) is 5.88 Å². The number of epoxide rings is 1. The fraction of sp³-hybridized carbons (Fsp3) is 0.444. The fourth-order valence-corrected chi connectivity index (χ4v) is 1.24. The smallest absolute Gasteiger partial charge is 0.388 e. The quantitative estimate of drug-likeness (QED) is 0.702. The summed E-state index contributed by atoms with van der Waals surface area (Å²) in [6.45, 7) is -0.473. The van der Waals surface area contributed by atoms with Crippen molar-refractivity contribution in [2.75, 3.05) is 6.61 Å². The van der Waals surface area contributed by atoms with Gasteiger partial charge in [-0.05, 0) is 18.6 Å². The van der Waals surface area contributed by atoms with Gasteiger partial charge in [-0.1, -0.05) is 0 Å². The van der Waals surface area contributed by atoms with E-state index in [9.17, 15) is 8.78 Å². The number of aromatic nitrogens is 1. The SMILES string of the molecule is Cc1cc([C@@H]2CO2)cc(OC(F)F)n1. The summed E-state index contributed by atoms with van der Waals surface area (Å²) in [6, 6.07) is 3.28. The van der Waals surface area contributed by atoms with Crippen LogP contribution in [0.25, 0.3) is 0 Å². The molecule has 0 N–H and O–H groups in total. The molecule has 1 saturated heterocycles. The highest BCUT2D eigenvalue weighted by Gasteiger charge is 2.26. The fourth-order valence-electron chi connectivity index (χ4n) is 1.24. The third-order valence-electron chi connectivity index (χ3n) is 1.87. The molecule has 1 aliphatic heterocycles. The van der Waals surface area contributed by atoms with Crippen LogP contribution in [0.1, 0.15) is 17.4 Å². The van der Waals surface area contributed by atoms with Crippen molar-refractivity contribution in [3.05, 3.63) is 23.4 Å². The second-order valence-corrected chi connectivity index (χ2v) is 3.08. The predicted molar refractivity (Wildman–Crippen MR) is 44.3 cm³/mol. The predicted octanol–water partition coefficient (Wildman–Crippen LogP) is 2.06. The number of ether oxygens (including phenoxy) is 2. The van der Waals surface area contributed by atoms with Crippen LogP contribution in [-0.2, 0) is 4.74 Å². The van der Waals surface area contributed by atoms with Gasteiger partial charge in [-0.2, -0.15) is 8.78 Å². The Morgan fingerprint density at radius 2 is 2.29 bits per heavy atom. The topological polar surface area (TPSA) is 34.6 Å². The van der Waals surface area contributed by atoms with Gasteiger partial charge in [0.05, 0.1) is 6.61 Å². The zero-order chi connectivity index (χ0) is 10.1. The van der Waals surface area contributed by atoms with Gasteiger partial charge in [0.15, 0.2) is 0 Å². The van der Waals surface area contributed by atoms with E-state index in [0.29, 0.717) is 12.3 Å². The van der Waals surface area contributed by atoms with Crippen molar-refractivity contribution in [1.29, 1.82) is 0 Å². The zero-order valence-corrected chi connectivity index (χ0v) is 7.54. The minimum atomic E-state index is -2.84. The number of halogens is 2. The van der Waals surface area contributed by atoms with Crippen LogP contribution in [0, 0.1) is 6.92 Å². The highest BCUT2D eigenvalue weighted by Crippen LogP contribution is 2.31. The normalized spacial score (nSPS) is 19.9. The summed E-state index contributed by atoms with van der Waals surface area (Å²) in [5, 5.41) is 0. The maximum absolute atomic E-state index is 11.9. The van der Waals surface area contributed by atoms with Crippen LogP contribution in [0.4, 0.5) is 8.78 Å². The Hall–Kier alpha value is -1.23. The van der Waals surface area contributed by atoms with Crippen LogP contribution in [-0.4, -0.2) is 18.2 Å². The molecule has 2 heterocycles. The van der Waals surface area contributed by atoms with Crippen molar-refractivity contribution in [2.24, 2.45) is 0 Å². The molecule has 76 valence electrons. The molecule has 0 saturated carbocycles. The van der Waals surface area contributed by atoms with Gasteiger partial charge in [-0.15, -0.1) is 0 Å². The van der Waals surface area contributed by atoms with E-state index in [2.05, 4.69) is 9.72 Å². The highest BCUT2D eigenvalue weighted by atomic mass is 19.3. The molecule has 0 aromatic carbocycles. The van der Waals surface area contributed by atoms with E-state index in [1.807, 2.05) is 0 Å². The molecular weight excluding hydrogens is 192 g/mol. The van der Waals surface area contributed by atoms with Crippen molar-refractivity contribution in [3.63, 3.8) is 0 Å². The molecule has 0 unspecified atom stereocenters. The van der Waals surface area contributed by atoms with Gasteiger partial charge in [0.2, 0.25) is 5.88 Å². The molecule has 0 aliphatic carbocycles. The first kappa shape index (κ1) is 9.33. The van der Waals surface area contributed by atoms with E-state index in [1.54, 1.807) is 13.0 Å². The van der Waals surface area contributed by atoms with Crippen molar-refractivity contribution in [2.45, 2.75) is 19.6 Å². The summed E-state index contributed by atoms with van der Waals surface area (Å²) in [5.41, 5.74) is 1.49. The lowest BCUT2D eigenvalue weighted by atomic mass is 10.2. The van der Waals surface area contributed by atoms with Gasteiger partial charge in [-0.25, -0.2) is 4.98 Å². The maximum atomic E-state index is 11.9. The molecule has 0 amide bonds. The van der Waals surface area contributed by atoms with Gasteiger partial charge >= 0.3 is 6.61 Å². The average molecular weight is 201 g/mol. The number of hydrogen-bond acceptors (Lipinski definition) is 3. The zero-order valence-electron chi connectivity index (χ0n) is 7.54. The minimum absolute atomic E-state index is 0.0247. The molecule has 1 aromatic rings. The van der Waals surface area contributed by atoms with Crippen molar-refractivity contribution >= 4 is 0 Å². The maximum Gasteiger partial charge on any atom is 0.388 e. The van der Waals surface area contributed by atoms with E-state index in [4.69, 9.17) is 4.74 Å².